The van der Waals surface area contributed by atoms with Crippen LogP contribution in [0.5, 0.6) is 0 Å². The Labute approximate surface area is 113 Å². The summed E-state index contributed by atoms with van der Waals surface area (Å²) >= 11 is 0. The summed E-state index contributed by atoms with van der Waals surface area (Å²) in [5.41, 5.74) is 16.0. The molecule has 0 saturated carbocycles. The Bertz CT molecular complexity index is 365. The van der Waals surface area contributed by atoms with Gasteiger partial charge in [0.05, 0.1) is 6.04 Å². The van der Waals surface area contributed by atoms with E-state index >= 15 is 0 Å². The molecule has 2 atom stereocenters. The van der Waals surface area contributed by atoms with Gasteiger partial charge >= 0.3 is 5.97 Å². The van der Waals surface area contributed by atoms with Gasteiger partial charge in [-0.25, -0.2) is 4.98 Å². The van der Waals surface area contributed by atoms with Crippen molar-refractivity contribution in [2.45, 2.75) is 38.3 Å². The van der Waals surface area contributed by atoms with Crippen LogP contribution in [0.15, 0.2) is 12.4 Å². The van der Waals surface area contributed by atoms with Gasteiger partial charge in [0.2, 0.25) is 0 Å². The first-order valence-electron chi connectivity index (χ1n) is 6.31. The second-order valence-corrected chi connectivity index (χ2v) is 4.41. The van der Waals surface area contributed by atoms with Crippen molar-refractivity contribution < 1.29 is 9.90 Å². The van der Waals surface area contributed by atoms with E-state index in [9.17, 15) is 4.79 Å². The Kier molecular flexibility index (Phi) is 8.77. The van der Waals surface area contributed by atoms with E-state index in [0.29, 0.717) is 13.0 Å². The number of nitrogens with two attached hydrogens (primary N) is 3. The third-order valence-electron chi connectivity index (χ3n) is 2.55. The molecule has 0 fully saturated rings. The molecule has 1 heterocycles. The van der Waals surface area contributed by atoms with Crippen molar-refractivity contribution in [3.8, 4) is 0 Å². The normalized spacial score (nSPS) is 13.3. The Morgan fingerprint density at radius 1 is 1.47 bits per heavy atom. The number of aliphatic carboxylic acids is 1. The molecule has 0 spiro atoms. The van der Waals surface area contributed by atoms with E-state index in [1.54, 1.807) is 6.20 Å². The van der Waals surface area contributed by atoms with Crippen molar-refractivity contribution in [3.05, 3.63) is 18.2 Å². The van der Waals surface area contributed by atoms with Crippen molar-refractivity contribution >= 4 is 5.97 Å². The number of carboxylic acid groups (broad SMARTS) is 1. The number of aryl methyl sites for hydroxylation is 1. The van der Waals surface area contributed by atoms with Gasteiger partial charge < -0.3 is 26.9 Å². The minimum absolute atomic E-state index is 0.0324. The SMILES string of the molecule is CC(N)c1nccn1C.NCCCCC(N)C(=O)O. The van der Waals surface area contributed by atoms with Crippen LogP contribution in [-0.2, 0) is 11.8 Å². The Balaban J connectivity index is 0.000000342. The third-order valence-corrected chi connectivity index (χ3v) is 2.55. The number of unbranched alkanes of at least 4 members (excludes halogenated alkanes) is 1. The molecule has 0 radical (unpaired) electrons. The first-order valence-corrected chi connectivity index (χ1v) is 6.31. The van der Waals surface area contributed by atoms with Gasteiger partial charge in [0, 0.05) is 19.4 Å². The standard InChI is InChI=1S/C6H11N3.C6H14N2O2/c1-5(7)6-8-3-4-9(6)2;7-4-2-1-3-5(8)6(9)10/h3-5H,7H2,1-2H3;5H,1-4,7-8H2,(H,9,10). The molecular weight excluding hydrogens is 246 g/mol. The lowest BCUT2D eigenvalue weighted by Crippen LogP contribution is -2.29. The molecule has 19 heavy (non-hydrogen) atoms. The van der Waals surface area contributed by atoms with Crippen LogP contribution in [0.25, 0.3) is 0 Å². The van der Waals surface area contributed by atoms with Crippen molar-refractivity contribution in [2.24, 2.45) is 24.2 Å². The lowest BCUT2D eigenvalue weighted by Gasteiger charge is -2.03. The maximum absolute atomic E-state index is 10.1. The number of rotatable bonds is 6. The molecule has 0 aliphatic heterocycles. The number of aromatic nitrogens is 2. The summed E-state index contributed by atoms with van der Waals surface area (Å²) in [6, 6.07) is -0.684. The quantitative estimate of drug-likeness (QED) is 0.537. The van der Waals surface area contributed by atoms with E-state index in [4.69, 9.17) is 22.3 Å². The molecule has 110 valence electrons. The summed E-state index contributed by atoms with van der Waals surface area (Å²) in [6.07, 6.45) is 5.80. The Morgan fingerprint density at radius 3 is 2.42 bits per heavy atom. The minimum atomic E-state index is -0.933. The zero-order valence-corrected chi connectivity index (χ0v) is 11.6. The molecule has 0 aliphatic carbocycles. The number of nitrogens with zero attached hydrogens (tertiary/aromatic N) is 2. The first kappa shape index (κ1) is 17.6. The molecule has 1 aromatic heterocycles. The van der Waals surface area contributed by atoms with Gasteiger partial charge in [-0.15, -0.1) is 0 Å². The molecule has 7 heteroatoms. The third kappa shape index (κ3) is 7.55. The summed E-state index contributed by atoms with van der Waals surface area (Å²) in [6.45, 7) is 2.52. The van der Waals surface area contributed by atoms with Crippen LogP contribution in [0.3, 0.4) is 0 Å². The lowest BCUT2D eigenvalue weighted by atomic mass is 10.1. The van der Waals surface area contributed by atoms with Crippen molar-refractivity contribution in [1.82, 2.24) is 9.55 Å². The van der Waals surface area contributed by atoms with Gasteiger partial charge in [-0.05, 0) is 26.3 Å². The van der Waals surface area contributed by atoms with Gasteiger partial charge in [-0.3, -0.25) is 4.79 Å². The first-order chi connectivity index (χ1) is 8.90. The average molecular weight is 271 g/mol. The van der Waals surface area contributed by atoms with Crippen LogP contribution in [0.1, 0.15) is 38.1 Å². The minimum Gasteiger partial charge on any atom is -0.480 e. The van der Waals surface area contributed by atoms with E-state index in [-0.39, 0.29) is 6.04 Å². The number of hydrogen-bond acceptors (Lipinski definition) is 5. The lowest BCUT2D eigenvalue weighted by molar-refractivity contribution is -0.138. The molecule has 0 aliphatic rings. The van der Waals surface area contributed by atoms with Gasteiger partial charge in [0.1, 0.15) is 11.9 Å². The second-order valence-electron chi connectivity index (χ2n) is 4.41. The summed E-state index contributed by atoms with van der Waals surface area (Å²) in [5, 5.41) is 8.33. The topological polar surface area (TPSA) is 133 Å². The van der Waals surface area contributed by atoms with Crippen LogP contribution in [0, 0.1) is 0 Å². The highest BCUT2D eigenvalue weighted by molar-refractivity contribution is 5.72. The van der Waals surface area contributed by atoms with Crippen LogP contribution in [-0.4, -0.2) is 33.2 Å². The highest BCUT2D eigenvalue weighted by Crippen LogP contribution is 2.03. The molecule has 2 unspecified atom stereocenters. The second kappa shape index (κ2) is 9.48. The van der Waals surface area contributed by atoms with E-state index < -0.39 is 12.0 Å². The number of imidazole rings is 1. The Hall–Kier alpha value is -1.44. The average Bonchev–Trinajstić information content (AvgIpc) is 2.76. The van der Waals surface area contributed by atoms with Crippen LogP contribution < -0.4 is 17.2 Å². The molecule has 7 N–H and O–H groups in total. The van der Waals surface area contributed by atoms with Crippen molar-refractivity contribution in [2.75, 3.05) is 6.54 Å². The summed E-state index contributed by atoms with van der Waals surface area (Å²) in [7, 11) is 1.94. The van der Waals surface area contributed by atoms with Gasteiger partial charge in [0.15, 0.2) is 0 Å². The maximum Gasteiger partial charge on any atom is 0.320 e. The van der Waals surface area contributed by atoms with E-state index in [2.05, 4.69) is 4.98 Å². The molecule has 0 bridgehead atoms. The van der Waals surface area contributed by atoms with E-state index in [1.807, 2.05) is 24.7 Å². The summed E-state index contributed by atoms with van der Waals surface area (Å²) in [5.74, 6) is -0.00739. The zero-order valence-electron chi connectivity index (χ0n) is 11.6. The fourth-order valence-electron chi connectivity index (χ4n) is 1.45. The fourth-order valence-corrected chi connectivity index (χ4v) is 1.45. The van der Waals surface area contributed by atoms with Gasteiger partial charge in [-0.2, -0.15) is 0 Å². The van der Waals surface area contributed by atoms with Gasteiger partial charge in [-0.1, -0.05) is 6.42 Å². The Morgan fingerprint density at radius 2 is 2.11 bits per heavy atom. The summed E-state index contributed by atoms with van der Waals surface area (Å²) < 4.78 is 1.92. The largest absolute Gasteiger partial charge is 0.480 e. The monoisotopic (exact) mass is 271 g/mol. The van der Waals surface area contributed by atoms with Crippen molar-refractivity contribution in [3.63, 3.8) is 0 Å². The van der Waals surface area contributed by atoms with E-state index in [1.165, 1.54) is 0 Å². The zero-order chi connectivity index (χ0) is 14.8. The molecule has 1 aromatic rings. The molecule has 1 rings (SSSR count). The van der Waals surface area contributed by atoms with Crippen molar-refractivity contribution in [1.29, 1.82) is 0 Å². The van der Waals surface area contributed by atoms with E-state index in [0.717, 1.165) is 18.7 Å². The summed E-state index contributed by atoms with van der Waals surface area (Å²) in [4.78, 5) is 14.2. The number of hydrogen-bond donors (Lipinski definition) is 4. The highest BCUT2D eigenvalue weighted by atomic mass is 16.4. The smallest absolute Gasteiger partial charge is 0.320 e. The molecule has 0 amide bonds. The van der Waals surface area contributed by atoms with Crippen LogP contribution in [0.2, 0.25) is 0 Å². The molecule has 0 aromatic carbocycles. The number of carboxylic acids is 1. The fraction of sp³-hybridized carbons (Fsp3) is 0.667. The predicted octanol–water partition coefficient (Wildman–Crippen LogP) is -0.0329. The molecule has 0 saturated heterocycles. The predicted molar refractivity (Wildman–Crippen MR) is 74.3 cm³/mol. The van der Waals surface area contributed by atoms with Gasteiger partial charge in [0.25, 0.3) is 0 Å². The molecular formula is C12H25N5O2. The number of carbonyl (C=O) groups is 1. The maximum atomic E-state index is 10.1. The molecule has 7 nitrogen and oxygen atoms in total. The highest BCUT2D eigenvalue weighted by Gasteiger charge is 2.09. The van der Waals surface area contributed by atoms with Crippen LogP contribution in [0.4, 0.5) is 0 Å². The van der Waals surface area contributed by atoms with Crippen LogP contribution >= 0.6 is 0 Å².